The Morgan fingerprint density at radius 2 is 1.82 bits per heavy atom. The van der Waals surface area contributed by atoms with E-state index in [1.54, 1.807) is 12.1 Å². The lowest BCUT2D eigenvalue weighted by Crippen LogP contribution is -2.61. The Balaban J connectivity index is 1.75. The molecule has 1 saturated carbocycles. The van der Waals surface area contributed by atoms with E-state index in [4.69, 9.17) is 0 Å². The van der Waals surface area contributed by atoms with Crippen molar-refractivity contribution in [2.24, 2.45) is 0 Å². The Bertz CT molecular complexity index is 596. The minimum Gasteiger partial charge on any atom is -0.314 e. The summed E-state index contributed by atoms with van der Waals surface area (Å²) in [6, 6.07) is 7.41. The molecule has 0 amide bonds. The van der Waals surface area contributed by atoms with Crippen LogP contribution in [-0.2, 0) is 16.4 Å². The first-order chi connectivity index (χ1) is 10.5. The summed E-state index contributed by atoms with van der Waals surface area (Å²) >= 11 is 0. The summed E-state index contributed by atoms with van der Waals surface area (Å²) < 4.78 is 23.1. The molecule has 0 atom stereocenters. The number of piperazine rings is 1. The van der Waals surface area contributed by atoms with Crippen LogP contribution in [0.2, 0.25) is 0 Å². The molecule has 1 spiro atoms. The van der Waals surface area contributed by atoms with Crippen LogP contribution >= 0.6 is 0 Å². The molecule has 1 aromatic rings. The molecule has 3 rings (SSSR count). The van der Waals surface area contributed by atoms with Crippen LogP contribution < -0.4 is 5.32 Å². The van der Waals surface area contributed by atoms with Gasteiger partial charge >= 0.3 is 0 Å². The van der Waals surface area contributed by atoms with E-state index < -0.39 is 9.84 Å². The monoisotopic (exact) mass is 322 g/mol. The molecule has 2 fully saturated rings. The predicted molar refractivity (Wildman–Crippen MR) is 88.6 cm³/mol. The normalized spacial score (nSPS) is 22.8. The van der Waals surface area contributed by atoms with E-state index in [1.807, 2.05) is 12.1 Å². The molecule has 0 bridgehead atoms. The fraction of sp³-hybridized carbons (Fsp3) is 0.647. The highest BCUT2D eigenvalue weighted by atomic mass is 32.2. The van der Waals surface area contributed by atoms with Crippen molar-refractivity contribution in [1.29, 1.82) is 0 Å². The highest BCUT2D eigenvalue weighted by molar-refractivity contribution is 7.90. The molecule has 1 aromatic carbocycles. The average Bonchev–Trinajstić information content (AvgIpc) is 2.50. The van der Waals surface area contributed by atoms with Gasteiger partial charge in [-0.25, -0.2) is 8.42 Å². The van der Waals surface area contributed by atoms with Crippen molar-refractivity contribution in [3.63, 3.8) is 0 Å². The number of nitrogens with one attached hydrogen (secondary N) is 1. The lowest BCUT2D eigenvalue weighted by atomic mass is 9.79. The van der Waals surface area contributed by atoms with E-state index in [2.05, 4.69) is 10.2 Å². The van der Waals surface area contributed by atoms with Gasteiger partial charge in [0.25, 0.3) is 0 Å². The molecule has 22 heavy (non-hydrogen) atoms. The summed E-state index contributed by atoms with van der Waals surface area (Å²) in [4.78, 5) is 3.03. The predicted octanol–water partition coefficient (Wildman–Crippen LogP) is 2.20. The van der Waals surface area contributed by atoms with Crippen molar-refractivity contribution in [3.8, 4) is 0 Å². The number of hydrogen-bond donors (Lipinski definition) is 1. The zero-order valence-corrected chi connectivity index (χ0v) is 14.2. The lowest BCUT2D eigenvalue weighted by Gasteiger charge is -2.50. The third-order valence-electron chi connectivity index (χ3n) is 5.19. The Morgan fingerprint density at radius 3 is 2.45 bits per heavy atom. The van der Waals surface area contributed by atoms with Crippen molar-refractivity contribution in [3.05, 3.63) is 29.8 Å². The van der Waals surface area contributed by atoms with E-state index in [0.29, 0.717) is 10.4 Å². The SMILES string of the molecule is CS(=O)(=O)c1ccc(CN2CCNCC23CCCCC3)cc1. The quantitative estimate of drug-likeness (QED) is 0.927. The van der Waals surface area contributed by atoms with Gasteiger partial charge in [-0.05, 0) is 30.5 Å². The fourth-order valence-electron chi connectivity index (χ4n) is 3.90. The number of sulfone groups is 1. The molecule has 1 N–H and O–H groups in total. The van der Waals surface area contributed by atoms with Gasteiger partial charge in [-0.15, -0.1) is 0 Å². The Kier molecular flexibility index (Phi) is 4.57. The maximum atomic E-state index is 11.6. The summed E-state index contributed by atoms with van der Waals surface area (Å²) in [6.07, 6.45) is 7.83. The molecule has 1 aliphatic carbocycles. The summed E-state index contributed by atoms with van der Waals surface area (Å²) in [5.74, 6) is 0. The van der Waals surface area contributed by atoms with Gasteiger partial charge in [0, 0.05) is 38.0 Å². The van der Waals surface area contributed by atoms with E-state index in [9.17, 15) is 8.42 Å². The third kappa shape index (κ3) is 3.36. The summed E-state index contributed by atoms with van der Waals surface area (Å²) in [7, 11) is -3.10. The summed E-state index contributed by atoms with van der Waals surface area (Å²) in [5.41, 5.74) is 1.52. The number of benzene rings is 1. The van der Waals surface area contributed by atoms with Gasteiger partial charge in [-0.3, -0.25) is 4.90 Å². The number of nitrogens with zero attached hydrogens (tertiary/aromatic N) is 1. The van der Waals surface area contributed by atoms with Crippen LogP contribution in [0.15, 0.2) is 29.2 Å². The summed E-state index contributed by atoms with van der Waals surface area (Å²) in [5, 5.41) is 3.57. The summed E-state index contributed by atoms with van der Waals surface area (Å²) in [6.45, 7) is 4.14. The van der Waals surface area contributed by atoms with Crippen LogP contribution in [0.3, 0.4) is 0 Å². The standard InChI is InChI=1S/C17H26N2O2S/c1-22(20,21)16-7-5-15(6-8-16)13-19-12-11-18-14-17(19)9-3-2-4-10-17/h5-8,18H,2-4,9-14H2,1H3. The van der Waals surface area contributed by atoms with Crippen LogP contribution in [0.5, 0.6) is 0 Å². The van der Waals surface area contributed by atoms with Crippen LogP contribution in [0.1, 0.15) is 37.7 Å². The first-order valence-corrected chi connectivity index (χ1v) is 10.1. The van der Waals surface area contributed by atoms with E-state index >= 15 is 0 Å². The van der Waals surface area contributed by atoms with Crippen molar-refractivity contribution in [1.82, 2.24) is 10.2 Å². The molecular weight excluding hydrogens is 296 g/mol. The Hall–Kier alpha value is -0.910. The van der Waals surface area contributed by atoms with Gasteiger partial charge in [-0.2, -0.15) is 0 Å². The number of rotatable bonds is 3. The maximum absolute atomic E-state index is 11.6. The highest BCUT2D eigenvalue weighted by Gasteiger charge is 2.39. The molecule has 0 unspecified atom stereocenters. The molecule has 4 nitrogen and oxygen atoms in total. The first-order valence-electron chi connectivity index (χ1n) is 8.24. The van der Waals surface area contributed by atoms with Gasteiger partial charge in [0.2, 0.25) is 0 Å². The van der Waals surface area contributed by atoms with E-state index in [-0.39, 0.29) is 0 Å². The molecule has 1 saturated heterocycles. The molecule has 122 valence electrons. The molecule has 0 radical (unpaired) electrons. The van der Waals surface area contributed by atoms with Crippen LogP contribution in [0, 0.1) is 0 Å². The Morgan fingerprint density at radius 1 is 1.14 bits per heavy atom. The van der Waals surface area contributed by atoms with Gasteiger partial charge in [0.1, 0.15) is 0 Å². The maximum Gasteiger partial charge on any atom is 0.175 e. The minimum atomic E-state index is -3.10. The Labute approximate surface area is 133 Å². The molecular formula is C17H26N2O2S. The molecule has 1 heterocycles. The average molecular weight is 322 g/mol. The molecule has 1 aliphatic heterocycles. The van der Waals surface area contributed by atoms with Gasteiger partial charge < -0.3 is 5.32 Å². The van der Waals surface area contributed by atoms with Crippen LogP contribution in [-0.4, -0.2) is 44.7 Å². The third-order valence-corrected chi connectivity index (χ3v) is 6.32. The number of hydrogen-bond acceptors (Lipinski definition) is 4. The molecule has 0 aromatic heterocycles. The topological polar surface area (TPSA) is 49.4 Å². The molecule has 5 heteroatoms. The largest absolute Gasteiger partial charge is 0.314 e. The second-order valence-corrected chi connectivity index (χ2v) is 8.82. The van der Waals surface area contributed by atoms with Crippen molar-refractivity contribution < 1.29 is 8.42 Å². The first kappa shape index (κ1) is 16.0. The molecule has 2 aliphatic rings. The highest BCUT2D eigenvalue weighted by Crippen LogP contribution is 2.35. The van der Waals surface area contributed by atoms with Crippen molar-refractivity contribution in [2.75, 3.05) is 25.9 Å². The van der Waals surface area contributed by atoms with Gasteiger partial charge in [-0.1, -0.05) is 31.4 Å². The smallest absolute Gasteiger partial charge is 0.175 e. The van der Waals surface area contributed by atoms with Crippen molar-refractivity contribution in [2.45, 2.75) is 49.1 Å². The second kappa shape index (κ2) is 6.30. The minimum absolute atomic E-state index is 0.312. The zero-order chi connectivity index (χ0) is 15.6. The zero-order valence-electron chi connectivity index (χ0n) is 13.3. The van der Waals surface area contributed by atoms with Crippen molar-refractivity contribution >= 4 is 9.84 Å². The van der Waals surface area contributed by atoms with Crippen LogP contribution in [0.25, 0.3) is 0 Å². The van der Waals surface area contributed by atoms with Gasteiger partial charge in [0.15, 0.2) is 9.84 Å². The lowest BCUT2D eigenvalue weighted by molar-refractivity contribution is 0.0209. The second-order valence-electron chi connectivity index (χ2n) is 6.80. The van der Waals surface area contributed by atoms with E-state index in [1.165, 1.54) is 43.9 Å². The van der Waals surface area contributed by atoms with Crippen LogP contribution in [0.4, 0.5) is 0 Å². The fourth-order valence-corrected chi connectivity index (χ4v) is 4.53. The van der Waals surface area contributed by atoms with E-state index in [0.717, 1.165) is 26.2 Å². The van der Waals surface area contributed by atoms with Gasteiger partial charge in [0.05, 0.1) is 4.90 Å².